The standard InChI is InChI=1S/C4H5NO3S2.ClH/c1-3-5-2-4(9-3)10(6,7)8;/h2H,1H3,(H,6,7,8);1H. The lowest BCUT2D eigenvalue weighted by Gasteiger charge is -1.84. The Kier molecular flexibility index (Phi) is 3.43. The van der Waals surface area contributed by atoms with Crippen LogP contribution >= 0.6 is 23.7 Å². The third-order valence-corrected chi connectivity index (χ3v) is 3.06. The van der Waals surface area contributed by atoms with Gasteiger partial charge in [-0.05, 0) is 6.92 Å². The van der Waals surface area contributed by atoms with Crippen molar-refractivity contribution < 1.29 is 13.0 Å². The summed E-state index contributed by atoms with van der Waals surface area (Å²) >= 11 is 0.946. The normalized spacial score (nSPS) is 10.7. The van der Waals surface area contributed by atoms with Crippen LogP contribution in [0.1, 0.15) is 5.01 Å². The average molecular weight is 216 g/mol. The summed E-state index contributed by atoms with van der Waals surface area (Å²) in [5.41, 5.74) is 0. The summed E-state index contributed by atoms with van der Waals surface area (Å²) in [7, 11) is -4.03. The molecule has 1 N–H and O–H groups in total. The summed E-state index contributed by atoms with van der Waals surface area (Å²) in [6.45, 7) is 1.67. The molecule has 0 aliphatic heterocycles. The number of aromatic nitrogens is 1. The first kappa shape index (κ1) is 10.8. The van der Waals surface area contributed by atoms with Gasteiger partial charge in [0.25, 0.3) is 0 Å². The van der Waals surface area contributed by atoms with E-state index in [0.717, 1.165) is 17.5 Å². The third-order valence-electron chi connectivity index (χ3n) is 0.854. The Morgan fingerprint density at radius 2 is 2.18 bits per heavy atom. The van der Waals surface area contributed by atoms with Crippen LogP contribution in [0.5, 0.6) is 0 Å². The molecule has 0 saturated heterocycles. The van der Waals surface area contributed by atoms with Crippen molar-refractivity contribution in [3.8, 4) is 0 Å². The van der Waals surface area contributed by atoms with Crippen LogP contribution in [0, 0.1) is 6.92 Å². The molecule has 0 spiro atoms. The van der Waals surface area contributed by atoms with E-state index in [1.807, 2.05) is 0 Å². The van der Waals surface area contributed by atoms with Crippen molar-refractivity contribution >= 4 is 33.9 Å². The predicted molar refractivity (Wildman–Crippen MR) is 43.9 cm³/mol. The van der Waals surface area contributed by atoms with Crippen molar-refractivity contribution in [2.75, 3.05) is 0 Å². The maximum atomic E-state index is 10.4. The molecule has 1 rings (SSSR count). The van der Waals surface area contributed by atoms with Crippen LogP contribution in [0.2, 0.25) is 0 Å². The molecule has 0 unspecified atom stereocenters. The van der Waals surface area contributed by atoms with Gasteiger partial charge in [0.05, 0.1) is 11.2 Å². The fourth-order valence-electron chi connectivity index (χ4n) is 0.461. The molecule has 7 heteroatoms. The van der Waals surface area contributed by atoms with Gasteiger partial charge in [-0.3, -0.25) is 4.55 Å². The highest BCUT2D eigenvalue weighted by molar-refractivity contribution is 7.88. The Morgan fingerprint density at radius 1 is 1.64 bits per heavy atom. The van der Waals surface area contributed by atoms with Gasteiger partial charge >= 0.3 is 10.1 Å². The van der Waals surface area contributed by atoms with E-state index >= 15 is 0 Å². The van der Waals surface area contributed by atoms with Crippen molar-refractivity contribution in [2.24, 2.45) is 0 Å². The lowest BCUT2D eigenvalue weighted by atomic mass is 10.8. The van der Waals surface area contributed by atoms with E-state index in [4.69, 9.17) is 4.55 Å². The molecule has 0 aliphatic carbocycles. The summed E-state index contributed by atoms with van der Waals surface area (Å²) in [5.74, 6) is 0. The van der Waals surface area contributed by atoms with Crippen molar-refractivity contribution in [1.29, 1.82) is 0 Å². The summed E-state index contributed by atoms with van der Waals surface area (Å²) < 4.78 is 29.1. The number of aryl methyl sites for hydroxylation is 1. The van der Waals surface area contributed by atoms with Crippen LogP contribution in [0.25, 0.3) is 0 Å². The van der Waals surface area contributed by atoms with Crippen LogP contribution < -0.4 is 0 Å². The predicted octanol–water partition coefficient (Wildman–Crippen LogP) is 1.12. The quantitative estimate of drug-likeness (QED) is 0.713. The fourth-order valence-corrected chi connectivity index (χ4v) is 1.93. The van der Waals surface area contributed by atoms with E-state index in [-0.39, 0.29) is 16.6 Å². The molecule has 11 heavy (non-hydrogen) atoms. The number of thiazole rings is 1. The van der Waals surface area contributed by atoms with Crippen LogP contribution in [-0.2, 0) is 10.1 Å². The first-order chi connectivity index (χ1) is 4.50. The summed E-state index contributed by atoms with van der Waals surface area (Å²) in [6, 6.07) is 0. The summed E-state index contributed by atoms with van der Waals surface area (Å²) in [5, 5.41) is 0.618. The first-order valence-corrected chi connectivity index (χ1v) is 4.66. The molecule has 0 amide bonds. The largest absolute Gasteiger partial charge is 0.305 e. The Hall–Kier alpha value is -0.170. The second-order valence-corrected chi connectivity index (χ2v) is 4.56. The van der Waals surface area contributed by atoms with E-state index < -0.39 is 10.1 Å². The second kappa shape index (κ2) is 3.48. The summed E-state index contributed by atoms with van der Waals surface area (Å²) in [4.78, 5) is 3.66. The van der Waals surface area contributed by atoms with E-state index in [0.29, 0.717) is 5.01 Å². The Balaban J connectivity index is 0.000001000. The molecule has 0 atom stereocenters. The van der Waals surface area contributed by atoms with Gasteiger partial charge in [-0.1, -0.05) is 0 Å². The molecule has 0 fully saturated rings. The van der Waals surface area contributed by atoms with Crippen LogP contribution in [-0.4, -0.2) is 18.0 Å². The molecule has 0 aromatic carbocycles. The fraction of sp³-hybridized carbons (Fsp3) is 0.250. The molecule has 64 valence electrons. The number of halogens is 1. The second-order valence-electron chi connectivity index (χ2n) is 1.67. The van der Waals surface area contributed by atoms with E-state index in [2.05, 4.69) is 4.98 Å². The van der Waals surface area contributed by atoms with Gasteiger partial charge in [-0.2, -0.15) is 8.42 Å². The Morgan fingerprint density at radius 3 is 2.36 bits per heavy atom. The van der Waals surface area contributed by atoms with Crippen molar-refractivity contribution in [3.63, 3.8) is 0 Å². The first-order valence-electron chi connectivity index (χ1n) is 2.40. The zero-order chi connectivity index (χ0) is 7.78. The minimum atomic E-state index is -4.03. The summed E-state index contributed by atoms with van der Waals surface area (Å²) in [6.07, 6.45) is 1.13. The third kappa shape index (κ3) is 2.74. The molecule has 1 aromatic rings. The molecule has 1 aromatic heterocycles. The molecular weight excluding hydrogens is 210 g/mol. The molecule has 4 nitrogen and oxygen atoms in total. The number of hydrogen-bond acceptors (Lipinski definition) is 4. The Labute approximate surface area is 74.4 Å². The van der Waals surface area contributed by atoms with Gasteiger partial charge in [-0.25, -0.2) is 4.98 Å². The minimum Gasteiger partial charge on any atom is -0.281 e. The number of rotatable bonds is 1. The monoisotopic (exact) mass is 215 g/mol. The topological polar surface area (TPSA) is 67.3 Å². The van der Waals surface area contributed by atoms with Crippen molar-refractivity contribution in [1.82, 2.24) is 4.98 Å². The number of nitrogens with zero attached hydrogens (tertiary/aromatic N) is 1. The van der Waals surface area contributed by atoms with Crippen LogP contribution in [0.4, 0.5) is 0 Å². The zero-order valence-corrected chi connectivity index (χ0v) is 7.96. The van der Waals surface area contributed by atoms with Gasteiger partial charge < -0.3 is 0 Å². The molecule has 0 radical (unpaired) electrons. The highest BCUT2D eigenvalue weighted by Crippen LogP contribution is 2.16. The lowest BCUT2D eigenvalue weighted by Crippen LogP contribution is -1.93. The van der Waals surface area contributed by atoms with E-state index in [9.17, 15) is 8.42 Å². The minimum absolute atomic E-state index is 0. The van der Waals surface area contributed by atoms with Gasteiger partial charge in [0.15, 0.2) is 4.21 Å². The van der Waals surface area contributed by atoms with Crippen LogP contribution in [0.15, 0.2) is 10.4 Å². The smallest absolute Gasteiger partial charge is 0.281 e. The van der Waals surface area contributed by atoms with E-state index in [1.54, 1.807) is 6.92 Å². The molecule has 0 aliphatic rings. The highest BCUT2D eigenvalue weighted by atomic mass is 35.5. The molecular formula is C4H6ClNO3S2. The lowest BCUT2D eigenvalue weighted by molar-refractivity contribution is 0.485. The maximum absolute atomic E-state index is 10.4. The Bertz CT molecular complexity index is 331. The number of hydrogen-bond donors (Lipinski definition) is 1. The van der Waals surface area contributed by atoms with Gasteiger partial charge in [-0.15, -0.1) is 23.7 Å². The SMILES string of the molecule is Cc1ncc(S(=O)(=O)O)s1.Cl. The van der Waals surface area contributed by atoms with E-state index in [1.165, 1.54) is 0 Å². The van der Waals surface area contributed by atoms with Gasteiger partial charge in [0, 0.05) is 0 Å². The van der Waals surface area contributed by atoms with Crippen molar-refractivity contribution in [2.45, 2.75) is 11.1 Å². The average Bonchev–Trinajstić information content (AvgIpc) is 2.11. The molecule has 0 bridgehead atoms. The molecule has 1 heterocycles. The maximum Gasteiger partial charge on any atom is 0.305 e. The van der Waals surface area contributed by atoms with Gasteiger partial charge in [0.1, 0.15) is 0 Å². The van der Waals surface area contributed by atoms with Crippen LogP contribution in [0.3, 0.4) is 0 Å². The zero-order valence-electron chi connectivity index (χ0n) is 5.51. The van der Waals surface area contributed by atoms with Gasteiger partial charge in [0.2, 0.25) is 0 Å². The van der Waals surface area contributed by atoms with Crippen molar-refractivity contribution in [3.05, 3.63) is 11.2 Å². The highest BCUT2D eigenvalue weighted by Gasteiger charge is 2.11. The molecule has 0 saturated carbocycles.